The fraction of sp³-hybridized carbons (Fsp3) is 0.300. The molecule has 6 nitrogen and oxygen atoms in total. The molecule has 0 atom stereocenters. The van der Waals surface area contributed by atoms with Gasteiger partial charge in [0, 0.05) is 18.7 Å². The summed E-state index contributed by atoms with van der Waals surface area (Å²) >= 11 is 5.27. The number of methoxy groups -OCH3 is 1. The first-order chi connectivity index (χ1) is 13.6. The van der Waals surface area contributed by atoms with E-state index in [1.165, 1.54) is 6.07 Å². The fourth-order valence-electron chi connectivity index (χ4n) is 2.89. The average molecular weight is 402 g/mol. The van der Waals surface area contributed by atoms with Crippen molar-refractivity contribution >= 4 is 34.4 Å². The molecule has 0 bridgehead atoms. The van der Waals surface area contributed by atoms with E-state index < -0.39 is 0 Å². The fourth-order valence-corrected chi connectivity index (χ4v) is 3.05. The second kappa shape index (κ2) is 9.48. The average Bonchev–Trinajstić information content (AvgIpc) is 2.73. The van der Waals surface area contributed by atoms with Gasteiger partial charge in [-0.2, -0.15) is 5.10 Å². The van der Waals surface area contributed by atoms with Gasteiger partial charge in [0.25, 0.3) is 0 Å². The molecule has 28 heavy (non-hydrogen) atoms. The molecule has 0 spiro atoms. The molecule has 0 unspecified atom stereocenters. The monoisotopic (exact) mass is 402 g/mol. The van der Waals surface area contributed by atoms with Gasteiger partial charge in [-0.25, -0.2) is 4.39 Å². The molecule has 1 aliphatic heterocycles. The molecule has 1 aliphatic rings. The number of benzene rings is 2. The second-order valence-corrected chi connectivity index (χ2v) is 6.64. The van der Waals surface area contributed by atoms with Crippen molar-refractivity contribution in [2.75, 3.05) is 43.6 Å². The molecule has 2 aromatic rings. The van der Waals surface area contributed by atoms with Crippen LogP contribution in [0.1, 0.15) is 12.5 Å². The van der Waals surface area contributed by atoms with Crippen molar-refractivity contribution in [2.24, 2.45) is 5.10 Å². The van der Waals surface area contributed by atoms with Crippen LogP contribution < -0.4 is 20.4 Å². The van der Waals surface area contributed by atoms with Crippen molar-refractivity contribution in [3.63, 3.8) is 0 Å². The number of thiocarbonyl (C=S) groups is 1. The maximum absolute atomic E-state index is 14.6. The van der Waals surface area contributed by atoms with Crippen LogP contribution in [0.3, 0.4) is 0 Å². The number of para-hydroxylation sites is 2. The molecule has 1 heterocycles. The lowest BCUT2D eigenvalue weighted by Crippen LogP contribution is -2.36. The van der Waals surface area contributed by atoms with Crippen molar-refractivity contribution in [3.8, 4) is 5.75 Å². The third-order valence-electron chi connectivity index (χ3n) is 4.40. The van der Waals surface area contributed by atoms with E-state index in [1.807, 2.05) is 35.2 Å². The molecule has 0 aromatic heterocycles. The Morgan fingerprint density at radius 2 is 1.96 bits per heavy atom. The number of hydrogen-bond acceptors (Lipinski definition) is 5. The minimum absolute atomic E-state index is 0.274. The van der Waals surface area contributed by atoms with Gasteiger partial charge in [0.15, 0.2) is 5.11 Å². The van der Waals surface area contributed by atoms with E-state index in [-0.39, 0.29) is 5.82 Å². The van der Waals surface area contributed by atoms with E-state index in [2.05, 4.69) is 15.8 Å². The summed E-state index contributed by atoms with van der Waals surface area (Å²) in [5.74, 6) is 0.400. The van der Waals surface area contributed by atoms with E-state index in [0.717, 1.165) is 5.69 Å². The Balaban J connectivity index is 1.64. The van der Waals surface area contributed by atoms with Gasteiger partial charge in [-0.3, -0.25) is 5.43 Å². The van der Waals surface area contributed by atoms with Crippen LogP contribution in [-0.2, 0) is 4.74 Å². The Morgan fingerprint density at radius 1 is 1.21 bits per heavy atom. The molecule has 3 rings (SSSR count). The SMILES string of the molecule is COc1ccccc1NC(=S)N/N=C(/C)c1ccc(N2CCOCC2)c(F)c1. The third-order valence-corrected chi connectivity index (χ3v) is 4.59. The quantitative estimate of drug-likeness (QED) is 0.454. The summed E-state index contributed by atoms with van der Waals surface area (Å²) in [6.45, 7) is 4.40. The normalized spacial score (nSPS) is 14.5. The van der Waals surface area contributed by atoms with Crippen LogP contribution in [0.25, 0.3) is 0 Å². The van der Waals surface area contributed by atoms with Gasteiger partial charge in [0.05, 0.1) is 37.4 Å². The topological polar surface area (TPSA) is 58.1 Å². The second-order valence-electron chi connectivity index (χ2n) is 6.23. The summed E-state index contributed by atoms with van der Waals surface area (Å²) in [7, 11) is 1.59. The third kappa shape index (κ3) is 4.96. The summed E-state index contributed by atoms with van der Waals surface area (Å²) in [4.78, 5) is 1.99. The lowest BCUT2D eigenvalue weighted by atomic mass is 10.1. The zero-order valence-corrected chi connectivity index (χ0v) is 16.7. The Hall–Kier alpha value is -2.71. The van der Waals surface area contributed by atoms with Gasteiger partial charge >= 0.3 is 0 Å². The van der Waals surface area contributed by atoms with Crippen molar-refractivity contribution in [1.29, 1.82) is 0 Å². The van der Waals surface area contributed by atoms with E-state index in [4.69, 9.17) is 21.7 Å². The molecule has 1 saturated heterocycles. The minimum atomic E-state index is -0.274. The minimum Gasteiger partial charge on any atom is -0.495 e. The van der Waals surface area contributed by atoms with Gasteiger partial charge < -0.3 is 19.7 Å². The molecular formula is C20H23FN4O2S. The molecular weight excluding hydrogens is 379 g/mol. The van der Waals surface area contributed by atoms with E-state index in [0.29, 0.717) is 54.1 Å². The number of morpholine rings is 1. The van der Waals surface area contributed by atoms with Crippen LogP contribution in [0.4, 0.5) is 15.8 Å². The molecule has 0 aliphatic carbocycles. The van der Waals surface area contributed by atoms with Crippen molar-refractivity contribution in [2.45, 2.75) is 6.92 Å². The molecule has 8 heteroatoms. The van der Waals surface area contributed by atoms with Crippen molar-refractivity contribution < 1.29 is 13.9 Å². The molecule has 0 saturated carbocycles. The number of hydrogen-bond donors (Lipinski definition) is 2. The first kappa shape index (κ1) is 20.0. The number of ether oxygens (including phenoxy) is 2. The molecule has 148 valence electrons. The highest BCUT2D eigenvalue weighted by Gasteiger charge is 2.15. The Kier molecular flexibility index (Phi) is 6.78. The van der Waals surface area contributed by atoms with Gasteiger partial charge in [-0.15, -0.1) is 0 Å². The van der Waals surface area contributed by atoms with Gasteiger partial charge in [-0.1, -0.05) is 18.2 Å². The van der Waals surface area contributed by atoms with Gasteiger partial charge in [-0.05, 0) is 43.4 Å². The summed E-state index contributed by atoms with van der Waals surface area (Å²) in [6, 6.07) is 12.5. The first-order valence-electron chi connectivity index (χ1n) is 8.95. The summed E-state index contributed by atoms with van der Waals surface area (Å²) in [6.07, 6.45) is 0. The molecule has 0 amide bonds. The highest BCUT2D eigenvalue weighted by molar-refractivity contribution is 7.80. The highest BCUT2D eigenvalue weighted by atomic mass is 32.1. The maximum Gasteiger partial charge on any atom is 0.191 e. The van der Waals surface area contributed by atoms with Crippen LogP contribution in [0, 0.1) is 5.82 Å². The number of anilines is 2. The predicted octanol–water partition coefficient (Wildman–Crippen LogP) is 3.38. The van der Waals surface area contributed by atoms with Crippen LogP contribution in [0.2, 0.25) is 0 Å². The molecule has 0 radical (unpaired) electrons. The molecule has 2 N–H and O–H groups in total. The highest BCUT2D eigenvalue weighted by Crippen LogP contribution is 2.23. The van der Waals surface area contributed by atoms with Gasteiger partial charge in [0.1, 0.15) is 11.6 Å². The van der Waals surface area contributed by atoms with Crippen LogP contribution in [0.5, 0.6) is 5.75 Å². The van der Waals surface area contributed by atoms with Crippen LogP contribution in [0.15, 0.2) is 47.6 Å². The van der Waals surface area contributed by atoms with Gasteiger partial charge in [0.2, 0.25) is 0 Å². The Labute approximate surface area is 169 Å². The zero-order chi connectivity index (χ0) is 19.9. The summed E-state index contributed by atoms with van der Waals surface area (Å²) in [5.41, 5.74) is 5.40. The lowest BCUT2D eigenvalue weighted by molar-refractivity contribution is 0.122. The number of rotatable bonds is 5. The summed E-state index contributed by atoms with van der Waals surface area (Å²) < 4.78 is 25.1. The zero-order valence-electron chi connectivity index (χ0n) is 15.9. The van der Waals surface area contributed by atoms with Crippen LogP contribution in [-0.4, -0.2) is 44.2 Å². The lowest BCUT2D eigenvalue weighted by Gasteiger charge is -2.29. The number of nitrogens with one attached hydrogen (secondary N) is 2. The first-order valence-corrected chi connectivity index (χ1v) is 9.36. The predicted molar refractivity (Wildman–Crippen MR) is 114 cm³/mol. The van der Waals surface area contributed by atoms with E-state index >= 15 is 0 Å². The number of hydrazone groups is 1. The standard InChI is InChI=1S/C20H23FN4O2S/c1-14(23-24-20(28)22-17-5-3-4-6-19(17)26-2)15-7-8-18(16(21)13-15)25-9-11-27-12-10-25/h3-8,13H,9-12H2,1-2H3,(H2,22,24,28)/b23-14-. The Bertz CT molecular complexity index is 869. The smallest absolute Gasteiger partial charge is 0.191 e. The Morgan fingerprint density at radius 3 is 2.68 bits per heavy atom. The number of halogens is 1. The van der Waals surface area contributed by atoms with E-state index in [1.54, 1.807) is 20.1 Å². The van der Waals surface area contributed by atoms with Crippen molar-refractivity contribution in [3.05, 3.63) is 53.8 Å². The summed E-state index contributed by atoms with van der Waals surface area (Å²) in [5, 5.41) is 7.59. The largest absolute Gasteiger partial charge is 0.495 e. The van der Waals surface area contributed by atoms with Crippen molar-refractivity contribution in [1.82, 2.24) is 5.43 Å². The van der Waals surface area contributed by atoms with Crippen LogP contribution >= 0.6 is 12.2 Å². The molecule has 2 aromatic carbocycles. The number of nitrogens with zero attached hydrogens (tertiary/aromatic N) is 2. The van der Waals surface area contributed by atoms with E-state index in [9.17, 15) is 4.39 Å². The molecule has 1 fully saturated rings. The maximum atomic E-state index is 14.6.